The first kappa shape index (κ1) is 22.9. The Labute approximate surface area is 195 Å². The fraction of sp³-hybridized carbons (Fsp3) is 0.545. The number of amides is 1. The number of aromatic amines is 1. The van der Waals surface area contributed by atoms with Gasteiger partial charge in [0.1, 0.15) is 0 Å². The van der Waals surface area contributed by atoms with Gasteiger partial charge in [-0.1, -0.05) is 18.2 Å². The Morgan fingerprint density at radius 3 is 2.70 bits per heavy atom. The van der Waals surface area contributed by atoms with Crippen molar-refractivity contribution in [2.75, 3.05) is 46.3 Å². The van der Waals surface area contributed by atoms with Crippen LogP contribution in [0.25, 0.3) is 10.9 Å². The van der Waals surface area contributed by atoms with Crippen LogP contribution in [0.3, 0.4) is 0 Å². The number of carbonyl (C=O) groups excluding carboxylic acids is 1. The minimum atomic E-state index is 0. The van der Waals surface area contributed by atoms with Crippen molar-refractivity contribution in [1.82, 2.24) is 25.4 Å². The first-order chi connectivity index (χ1) is 14.2. The number of carbonyl (C=O) groups is 1. The van der Waals surface area contributed by atoms with Crippen LogP contribution in [-0.2, 0) is 11.2 Å². The number of para-hydroxylation sites is 1. The number of fused-ring (bicyclic) bond motifs is 1. The van der Waals surface area contributed by atoms with Gasteiger partial charge in [0.25, 0.3) is 0 Å². The monoisotopic (exact) mass is 524 g/mol. The van der Waals surface area contributed by atoms with Gasteiger partial charge in [-0.3, -0.25) is 14.7 Å². The summed E-state index contributed by atoms with van der Waals surface area (Å²) in [5.74, 6) is 1.13. The number of nitrogens with zero attached hydrogens (tertiary/aromatic N) is 3. The number of aromatic nitrogens is 1. The van der Waals surface area contributed by atoms with Gasteiger partial charge >= 0.3 is 0 Å². The molecular weight excluding hydrogens is 491 g/mol. The molecule has 164 valence electrons. The molecule has 0 atom stereocenters. The van der Waals surface area contributed by atoms with Gasteiger partial charge in [0, 0.05) is 62.9 Å². The molecule has 1 amide bonds. The number of guanidine groups is 1. The molecule has 7 nitrogen and oxygen atoms in total. The number of halogens is 1. The van der Waals surface area contributed by atoms with Gasteiger partial charge < -0.3 is 20.5 Å². The van der Waals surface area contributed by atoms with Crippen LogP contribution in [0.15, 0.2) is 35.5 Å². The quantitative estimate of drug-likeness (QED) is 0.225. The van der Waals surface area contributed by atoms with Crippen LogP contribution in [-0.4, -0.2) is 79.0 Å². The van der Waals surface area contributed by atoms with E-state index in [9.17, 15) is 4.79 Å². The van der Waals surface area contributed by atoms with Crippen molar-refractivity contribution >= 4 is 46.7 Å². The van der Waals surface area contributed by atoms with Crippen LogP contribution in [0.5, 0.6) is 0 Å². The summed E-state index contributed by atoms with van der Waals surface area (Å²) in [6, 6.07) is 8.89. The first-order valence-electron chi connectivity index (χ1n) is 10.8. The number of hydrogen-bond donors (Lipinski definition) is 3. The molecule has 3 N–H and O–H groups in total. The molecule has 0 spiro atoms. The third kappa shape index (κ3) is 6.10. The van der Waals surface area contributed by atoms with Crippen LogP contribution in [0.2, 0.25) is 0 Å². The second-order valence-electron chi connectivity index (χ2n) is 8.04. The van der Waals surface area contributed by atoms with E-state index in [1.807, 2.05) is 7.05 Å². The maximum absolute atomic E-state index is 12.0. The largest absolute Gasteiger partial charge is 0.361 e. The van der Waals surface area contributed by atoms with Crippen molar-refractivity contribution in [3.8, 4) is 0 Å². The molecule has 0 unspecified atom stereocenters. The van der Waals surface area contributed by atoms with Crippen LogP contribution >= 0.6 is 24.0 Å². The molecule has 1 aromatic heterocycles. The Morgan fingerprint density at radius 1 is 1.20 bits per heavy atom. The Kier molecular flexibility index (Phi) is 8.38. The molecule has 1 saturated carbocycles. The predicted octanol–water partition coefficient (Wildman–Crippen LogP) is 2.19. The smallest absolute Gasteiger partial charge is 0.234 e. The minimum absolute atomic E-state index is 0. The van der Waals surface area contributed by atoms with E-state index in [2.05, 4.69) is 60.9 Å². The highest BCUT2D eigenvalue weighted by Gasteiger charge is 2.25. The van der Waals surface area contributed by atoms with E-state index in [1.54, 1.807) is 0 Å². The summed E-state index contributed by atoms with van der Waals surface area (Å²) in [7, 11) is 1.84. The van der Waals surface area contributed by atoms with Gasteiger partial charge in [-0.15, -0.1) is 24.0 Å². The Hall–Kier alpha value is -1.81. The standard InChI is InChI=1S/C22H32N6O.HI/c1-23-22(24-10-4-5-17-15-25-20-7-3-2-6-19(17)20)28-13-11-27(12-14-28)16-21(29)26-18-8-9-18;/h2-3,6-7,15,18,25H,4-5,8-14,16H2,1H3,(H,23,24)(H,26,29);1H. The predicted molar refractivity (Wildman–Crippen MR) is 133 cm³/mol. The highest BCUT2D eigenvalue weighted by Crippen LogP contribution is 2.19. The molecule has 8 heteroatoms. The lowest BCUT2D eigenvalue weighted by molar-refractivity contribution is -0.122. The second-order valence-corrected chi connectivity index (χ2v) is 8.04. The molecule has 0 radical (unpaired) electrons. The average molecular weight is 524 g/mol. The zero-order valence-corrected chi connectivity index (χ0v) is 20.0. The van der Waals surface area contributed by atoms with Crippen LogP contribution in [0.1, 0.15) is 24.8 Å². The lowest BCUT2D eigenvalue weighted by atomic mass is 10.1. The van der Waals surface area contributed by atoms with E-state index in [4.69, 9.17) is 0 Å². The summed E-state index contributed by atoms with van der Waals surface area (Å²) in [6.45, 7) is 5.01. The summed E-state index contributed by atoms with van der Waals surface area (Å²) in [4.78, 5) is 24.3. The van der Waals surface area contributed by atoms with Crippen LogP contribution < -0.4 is 10.6 Å². The van der Waals surface area contributed by atoms with Crippen molar-refractivity contribution in [3.63, 3.8) is 0 Å². The Bertz CT molecular complexity index is 854. The van der Waals surface area contributed by atoms with E-state index in [1.165, 1.54) is 16.5 Å². The normalized spacial score (nSPS) is 17.6. The van der Waals surface area contributed by atoms with Crippen molar-refractivity contribution in [2.45, 2.75) is 31.7 Å². The summed E-state index contributed by atoms with van der Waals surface area (Å²) in [6.07, 6.45) is 6.50. The number of piperazine rings is 1. The number of aryl methyl sites for hydroxylation is 1. The van der Waals surface area contributed by atoms with Crippen LogP contribution in [0, 0.1) is 0 Å². The molecule has 2 fully saturated rings. The van der Waals surface area contributed by atoms with E-state index < -0.39 is 0 Å². The van der Waals surface area contributed by atoms with Gasteiger partial charge in [0.2, 0.25) is 5.91 Å². The maximum atomic E-state index is 12.0. The molecule has 0 bridgehead atoms. The molecule has 1 aliphatic carbocycles. The molecular formula is C22H33IN6O. The zero-order chi connectivity index (χ0) is 20.1. The third-order valence-electron chi connectivity index (χ3n) is 5.77. The molecule has 2 aliphatic rings. The van der Waals surface area contributed by atoms with E-state index in [-0.39, 0.29) is 29.9 Å². The topological polar surface area (TPSA) is 75.8 Å². The number of nitrogens with one attached hydrogen (secondary N) is 3. The van der Waals surface area contributed by atoms with E-state index >= 15 is 0 Å². The van der Waals surface area contributed by atoms with Crippen molar-refractivity contribution in [1.29, 1.82) is 0 Å². The van der Waals surface area contributed by atoms with Gasteiger partial charge in [-0.2, -0.15) is 0 Å². The van der Waals surface area contributed by atoms with Gasteiger partial charge in [-0.25, -0.2) is 0 Å². The molecule has 4 rings (SSSR count). The van der Waals surface area contributed by atoms with Crippen molar-refractivity contribution in [3.05, 3.63) is 36.0 Å². The van der Waals surface area contributed by atoms with Gasteiger partial charge in [-0.05, 0) is 37.3 Å². The maximum Gasteiger partial charge on any atom is 0.234 e. The average Bonchev–Trinajstić information content (AvgIpc) is 3.46. The molecule has 30 heavy (non-hydrogen) atoms. The van der Waals surface area contributed by atoms with E-state index in [0.29, 0.717) is 12.6 Å². The van der Waals surface area contributed by atoms with Crippen molar-refractivity contribution < 1.29 is 4.79 Å². The highest BCUT2D eigenvalue weighted by atomic mass is 127. The van der Waals surface area contributed by atoms with Crippen molar-refractivity contribution in [2.24, 2.45) is 4.99 Å². The highest BCUT2D eigenvalue weighted by molar-refractivity contribution is 14.0. The second kappa shape index (κ2) is 11.0. The lowest BCUT2D eigenvalue weighted by Gasteiger charge is -2.36. The molecule has 2 aromatic rings. The molecule has 1 aliphatic heterocycles. The number of H-pyrrole nitrogens is 1. The van der Waals surface area contributed by atoms with Gasteiger partial charge in [0.15, 0.2) is 5.96 Å². The number of benzene rings is 1. The summed E-state index contributed by atoms with van der Waals surface area (Å²) in [5.41, 5.74) is 2.57. The third-order valence-corrected chi connectivity index (χ3v) is 5.77. The van der Waals surface area contributed by atoms with Gasteiger partial charge in [0.05, 0.1) is 6.54 Å². The van der Waals surface area contributed by atoms with Crippen LogP contribution in [0.4, 0.5) is 0 Å². The summed E-state index contributed by atoms with van der Waals surface area (Å²) in [5, 5.41) is 7.90. The first-order valence-corrected chi connectivity index (χ1v) is 10.8. The molecule has 2 heterocycles. The molecule has 1 saturated heterocycles. The SMILES string of the molecule is CN=C(NCCCc1c[nH]c2ccccc12)N1CCN(CC(=O)NC2CC2)CC1.I. The summed E-state index contributed by atoms with van der Waals surface area (Å²) >= 11 is 0. The Morgan fingerprint density at radius 2 is 1.97 bits per heavy atom. The number of aliphatic imine (C=N–C) groups is 1. The number of rotatable bonds is 7. The fourth-order valence-electron chi connectivity index (χ4n) is 3.97. The molecule has 1 aromatic carbocycles. The summed E-state index contributed by atoms with van der Waals surface area (Å²) < 4.78 is 0. The Balaban J connectivity index is 0.00000256. The zero-order valence-electron chi connectivity index (χ0n) is 17.7. The lowest BCUT2D eigenvalue weighted by Crippen LogP contribution is -2.54. The number of hydrogen-bond acceptors (Lipinski definition) is 3. The fourth-order valence-corrected chi connectivity index (χ4v) is 3.97. The minimum Gasteiger partial charge on any atom is -0.361 e. The van der Waals surface area contributed by atoms with E-state index in [0.717, 1.165) is 64.4 Å².